The Morgan fingerprint density at radius 2 is 1.43 bits per heavy atom. The number of halogens is 2. The van der Waals surface area contributed by atoms with E-state index in [0.717, 1.165) is 70.1 Å². The number of nitrogens with one attached hydrogen (secondary N) is 1. The zero-order valence-electron chi connectivity index (χ0n) is 28.6. The average Bonchev–Trinajstić information content (AvgIpc) is 3.08. The summed E-state index contributed by atoms with van der Waals surface area (Å²) in [6.45, 7) is 11.0. The molecule has 0 fully saturated rings. The van der Waals surface area contributed by atoms with Crippen LogP contribution < -0.4 is 24.4 Å². The molecule has 0 radical (unpaired) electrons. The summed E-state index contributed by atoms with van der Waals surface area (Å²) in [7, 11) is 7.36. The Hall–Kier alpha value is -4.05. The van der Waals surface area contributed by atoms with Crippen molar-refractivity contribution in [1.29, 1.82) is 0 Å². The highest BCUT2D eigenvalue weighted by Crippen LogP contribution is 2.35. The van der Waals surface area contributed by atoms with Crippen LogP contribution in [0.4, 0.5) is 0 Å². The SMILES string of the molecule is CCCc1c(OCCCOc2cc(OCc3ccccc3)c(/C(C)=N\NC(C)=O)cc2CC)cccc1Oc1ccccc1C.O=S(Cl)Cl. The van der Waals surface area contributed by atoms with Crippen LogP contribution in [0.15, 0.2) is 90.0 Å². The summed E-state index contributed by atoms with van der Waals surface area (Å²) in [6, 6.07) is 28.0. The van der Waals surface area contributed by atoms with Crippen LogP contribution in [0.3, 0.4) is 0 Å². The van der Waals surface area contributed by atoms with Crippen LogP contribution in [-0.4, -0.2) is 29.0 Å². The molecular formula is C38H44Cl2N2O6S. The number of hydrogen-bond donors (Lipinski definition) is 1. The van der Waals surface area contributed by atoms with Crippen molar-refractivity contribution in [3.05, 3.63) is 113 Å². The van der Waals surface area contributed by atoms with Crippen LogP contribution in [-0.2, 0) is 33.5 Å². The van der Waals surface area contributed by atoms with Crippen molar-refractivity contribution in [3.63, 3.8) is 0 Å². The van der Waals surface area contributed by atoms with Gasteiger partial charge in [-0.25, -0.2) is 9.63 Å². The largest absolute Gasteiger partial charge is 0.493 e. The van der Waals surface area contributed by atoms with Crippen molar-refractivity contribution in [3.8, 4) is 28.7 Å². The minimum Gasteiger partial charge on any atom is -0.493 e. The Labute approximate surface area is 301 Å². The van der Waals surface area contributed by atoms with E-state index in [-0.39, 0.29) is 5.91 Å². The van der Waals surface area contributed by atoms with E-state index in [1.165, 1.54) is 6.92 Å². The molecule has 0 aliphatic rings. The van der Waals surface area contributed by atoms with Gasteiger partial charge in [0.1, 0.15) is 35.4 Å². The number of hydrazone groups is 1. The highest BCUT2D eigenvalue weighted by Gasteiger charge is 2.16. The second-order valence-corrected chi connectivity index (χ2v) is 13.6. The Balaban J connectivity index is 0.00000154. The van der Waals surface area contributed by atoms with Gasteiger partial charge in [0.2, 0.25) is 15.1 Å². The lowest BCUT2D eigenvalue weighted by atomic mass is 10.0. The van der Waals surface area contributed by atoms with E-state index >= 15 is 0 Å². The van der Waals surface area contributed by atoms with Crippen LogP contribution in [0.5, 0.6) is 28.7 Å². The minimum absolute atomic E-state index is 0.230. The molecule has 0 unspecified atom stereocenters. The molecule has 262 valence electrons. The summed E-state index contributed by atoms with van der Waals surface area (Å²) in [5.41, 5.74) is 8.23. The Bertz CT molecular complexity index is 1700. The first-order chi connectivity index (χ1) is 23.6. The van der Waals surface area contributed by atoms with Gasteiger partial charge >= 0.3 is 0 Å². The number of benzene rings is 4. The molecule has 1 amide bonds. The summed E-state index contributed by atoms with van der Waals surface area (Å²) in [5.74, 6) is 3.69. The third kappa shape index (κ3) is 13.4. The van der Waals surface area contributed by atoms with Gasteiger partial charge in [0.05, 0.1) is 18.9 Å². The fraction of sp³-hybridized carbons (Fsp3) is 0.316. The molecule has 4 rings (SSSR count). The van der Waals surface area contributed by atoms with Crippen molar-refractivity contribution in [2.75, 3.05) is 13.2 Å². The molecule has 0 spiro atoms. The average molecular weight is 728 g/mol. The van der Waals surface area contributed by atoms with Crippen molar-refractivity contribution in [2.45, 2.75) is 66.9 Å². The molecule has 8 nitrogen and oxygen atoms in total. The lowest BCUT2D eigenvalue weighted by Gasteiger charge is -2.18. The summed E-state index contributed by atoms with van der Waals surface area (Å²) >= 11 is 0. The predicted molar refractivity (Wildman–Crippen MR) is 200 cm³/mol. The number of nitrogens with zero attached hydrogens (tertiary/aromatic N) is 1. The molecule has 4 aromatic carbocycles. The van der Waals surface area contributed by atoms with Gasteiger partial charge in [-0.2, -0.15) is 5.10 Å². The van der Waals surface area contributed by atoms with E-state index in [1.807, 2.05) is 98.8 Å². The maximum atomic E-state index is 11.5. The van der Waals surface area contributed by atoms with Crippen molar-refractivity contribution < 1.29 is 28.0 Å². The maximum Gasteiger partial charge on any atom is 0.236 e. The Morgan fingerprint density at radius 1 is 0.796 bits per heavy atom. The highest BCUT2D eigenvalue weighted by atomic mass is 36.0. The van der Waals surface area contributed by atoms with Crippen LogP contribution in [0.2, 0.25) is 0 Å². The van der Waals surface area contributed by atoms with Crippen molar-refractivity contribution in [1.82, 2.24) is 5.43 Å². The van der Waals surface area contributed by atoms with Gasteiger partial charge in [-0.15, -0.1) is 0 Å². The lowest BCUT2D eigenvalue weighted by molar-refractivity contribution is -0.118. The molecular weight excluding hydrogens is 683 g/mol. The lowest BCUT2D eigenvalue weighted by Crippen LogP contribution is -2.16. The molecule has 0 heterocycles. The summed E-state index contributed by atoms with van der Waals surface area (Å²) < 4.78 is 34.2. The zero-order chi connectivity index (χ0) is 35.6. The summed E-state index contributed by atoms with van der Waals surface area (Å²) in [4.78, 5) is 11.5. The molecule has 1 N–H and O–H groups in total. The quantitative estimate of drug-likeness (QED) is 0.0535. The maximum absolute atomic E-state index is 11.5. The normalized spacial score (nSPS) is 11.0. The van der Waals surface area contributed by atoms with Gasteiger partial charge in [0.25, 0.3) is 0 Å². The van der Waals surface area contributed by atoms with E-state index in [0.29, 0.717) is 37.7 Å². The summed E-state index contributed by atoms with van der Waals surface area (Å²) in [6.07, 6.45) is 3.30. The van der Waals surface area contributed by atoms with E-state index in [9.17, 15) is 4.79 Å². The van der Waals surface area contributed by atoms with Crippen LogP contribution in [0.1, 0.15) is 68.4 Å². The topological polar surface area (TPSA) is 95.5 Å². The molecule has 49 heavy (non-hydrogen) atoms. The second kappa shape index (κ2) is 21.1. The van der Waals surface area contributed by atoms with E-state index in [4.69, 9.17) is 23.2 Å². The number of aryl methyl sites for hydroxylation is 2. The van der Waals surface area contributed by atoms with Gasteiger partial charge in [-0.3, -0.25) is 4.79 Å². The Morgan fingerprint density at radius 3 is 2.08 bits per heavy atom. The van der Waals surface area contributed by atoms with Gasteiger partial charge in [-0.05, 0) is 67.6 Å². The fourth-order valence-corrected chi connectivity index (χ4v) is 4.86. The van der Waals surface area contributed by atoms with Crippen LogP contribution >= 0.6 is 21.4 Å². The van der Waals surface area contributed by atoms with Gasteiger partial charge in [0.15, 0.2) is 0 Å². The standard InChI is InChI=1S/C38H44N2O5.Cl2OS/c1-6-15-32-35(20-13-21-36(32)45-34-19-12-11-16-27(34)3)42-22-14-23-43-37-25-38(44-26-30-17-9-8-10-18-30)33(24-31(37)7-2)28(4)39-40-29(5)41;1-4(2)3/h8-13,16-21,24-25H,6-7,14-15,22-23,26H2,1-5H3,(H,40,41);/b39-28-;. The molecule has 0 aliphatic carbocycles. The molecule has 0 bridgehead atoms. The number of carbonyl (C=O) groups is 1. The molecule has 0 aromatic heterocycles. The number of hydrogen-bond acceptors (Lipinski definition) is 7. The number of para-hydroxylation sites is 1. The van der Waals surface area contributed by atoms with Crippen LogP contribution in [0, 0.1) is 6.92 Å². The first-order valence-electron chi connectivity index (χ1n) is 16.1. The highest BCUT2D eigenvalue weighted by molar-refractivity contribution is 8.26. The van der Waals surface area contributed by atoms with E-state index in [2.05, 4.69) is 45.7 Å². The second-order valence-electron chi connectivity index (χ2n) is 11.0. The fourth-order valence-electron chi connectivity index (χ4n) is 4.86. The molecule has 11 heteroatoms. The molecule has 4 aromatic rings. The van der Waals surface area contributed by atoms with Crippen LogP contribution in [0.25, 0.3) is 0 Å². The van der Waals surface area contributed by atoms with Gasteiger partial charge in [-0.1, -0.05) is 74.9 Å². The van der Waals surface area contributed by atoms with Crippen molar-refractivity contribution in [2.24, 2.45) is 5.10 Å². The number of carbonyl (C=O) groups excluding carboxylic acids is 1. The van der Waals surface area contributed by atoms with E-state index < -0.39 is 9.23 Å². The monoisotopic (exact) mass is 726 g/mol. The summed E-state index contributed by atoms with van der Waals surface area (Å²) in [5, 5.41) is 4.25. The van der Waals surface area contributed by atoms with Crippen molar-refractivity contribution >= 4 is 42.2 Å². The molecule has 0 atom stereocenters. The third-order valence-corrected chi connectivity index (χ3v) is 7.26. The first kappa shape index (κ1) is 39.4. The third-order valence-electron chi connectivity index (χ3n) is 7.26. The molecule has 0 saturated carbocycles. The first-order valence-corrected chi connectivity index (χ1v) is 18.9. The molecule has 0 saturated heterocycles. The molecule has 0 aliphatic heterocycles. The number of rotatable bonds is 16. The number of ether oxygens (including phenoxy) is 4. The smallest absolute Gasteiger partial charge is 0.236 e. The Kier molecular flexibility index (Phi) is 17.0. The zero-order valence-corrected chi connectivity index (χ0v) is 30.9. The van der Waals surface area contributed by atoms with E-state index in [1.54, 1.807) is 0 Å². The van der Waals surface area contributed by atoms with Gasteiger partial charge < -0.3 is 18.9 Å². The number of amides is 1. The predicted octanol–water partition coefficient (Wildman–Crippen LogP) is 9.63. The van der Waals surface area contributed by atoms with Gasteiger partial charge in [0, 0.05) is 51.9 Å². The minimum atomic E-state index is -1.67.